The van der Waals surface area contributed by atoms with Crippen LogP contribution in [0.5, 0.6) is 23.0 Å². The molecular formula is C21H23NO5. The van der Waals surface area contributed by atoms with Crippen molar-refractivity contribution in [2.75, 3.05) is 35.0 Å². The number of ether oxygens (including phenoxy) is 4. The molecule has 6 nitrogen and oxygen atoms in total. The van der Waals surface area contributed by atoms with Gasteiger partial charge in [-0.1, -0.05) is 6.07 Å². The highest BCUT2D eigenvalue weighted by atomic mass is 16.5. The van der Waals surface area contributed by atoms with Gasteiger partial charge >= 0.3 is 0 Å². The molecule has 0 fully saturated rings. The maximum Gasteiger partial charge on any atom is 0.169 e. The first kappa shape index (κ1) is 17.5. The minimum atomic E-state index is -0.814. The van der Waals surface area contributed by atoms with Gasteiger partial charge in [-0.25, -0.2) is 0 Å². The molecule has 0 saturated carbocycles. The number of benzene rings is 2. The molecule has 6 heteroatoms. The van der Waals surface area contributed by atoms with E-state index in [0.717, 1.165) is 28.8 Å². The summed E-state index contributed by atoms with van der Waals surface area (Å²) in [6.45, 7) is 0.690. The van der Waals surface area contributed by atoms with Gasteiger partial charge in [-0.05, 0) is 41.8 Å². The highest BCUT2D eigenvalue weighted by molar-refractivity contribution is 5.87. The third-order valence-corrected chi connectivity index (χ3v) is 5.28. The molecule has 4 rings (SSSR count). The molecule has 0 saturated heterocycles. The Morgan fingerprint density at radius 3 is 2.30 bits per heavy atom. The van der Waals surface area contributed by atoms with Crippen LogP contribution in [-0.2, 0) is 6.42 Å². The summed E-state index contributed by atoms with van der Waals surface area (Å²) >= 11 is 0. The van der Waals surface area contributed by atoms with Crippen molar-refractivity contribution in [2.24, 2.45) is 0 Å². The summed E-state index contributed by atoms with van der Waals surface area (Å²) in [6, 6.07) is 7.79. The van der Waals surface area contributed by atoms with Crippen LogP contribution in [0.25, 0.3) is 11.8 Å². The molecule has 142 valence electrons. The van der Waals surface area contributed by atoms with Crippen LogP contribution in [-0.4, -0.2) is 45.0 Å². The predicted molar refractivity (Wildman–Crippen MR) is 102 cm³/mol. The molecule has 27 heavy (non-hydrogen) atoms. The number of hydrogen-bond donors (Lipinski definition) is 1. The molecule has 0 spiro atoms. The van der Waals surface area contributed by atoms with Crippen LogP contribution in [0.2, 0.25) is 0 Å². The molecule has 2 aliphatic rings. The van der Waals surface area contributed by atoms with E-state index in [4.69, 9.17) is 18.9 Å². The summed E-state index contributed by atoms with van der Waals surface area (Å²) < 4.78 is 21.8. The van der Waals surface area contributed by atoms with Gasteiger partial charge in [0, 0.05) is 17.8 Å². The smallest absolute Gasteiger partial charge is 0.169 e. The Balaban J connectivity index is 1.91. The first-order valence-corrected chi connectivity index (χ1v) is 8.79. The Hall–Kier alpha value is -2.86. The maximum absolute atomic E-state index is 11.1. The van der Waals surface area contributed by atoms with Gasteiger partial charge in [0.2, 0.25) is 0 Å². The van der Waals surface area contributed by atoms with Gasteiger partial charge in [-0.3, -0.25) is 0 Å². The lowest BCUT2D eigenvalue weighted by molar-refractivity contribution is 0.0394. The quantitative estimate of drug-likeness (QED) is 0.894. The fourth-order valence-corrected chi connectivity index (χ4v) is 3.96. The van der Waals surface area contributed by atoms with Crippen LogP contribution in [0.4, 0.5) is 0 Å². The van der Waals surface area contributed by atoms with E-state index in [0.29, 0.717) is 29.5 Å². The highest BCUT2D eigenvalue weighted by Crippen LogP contribution is 2.48. The Morgan fingerprint density at radius 2 is 1.63 bits per heavy atom. The van der Waals surface area contributed by atoms with Crippen molar-refractivity contribution < 1.29 is 24.1 Å². The summed E-state index contributed by atoms with van der Waals surface area (Å²) in [5.74, 6) is 2.56. The van der Waals surface area contributed by atoms with Crippen LogP contribution in [0.1, 0.15) is 28.5 Å². The van der Waals surface area contributed by atoms with E-state index in [1.54, 1.807) is 28.4 Å². The van der Waals surface area contributed by atoms with Crippen LogP contribution < -0.4 is 18.9 Å². The molecule has 2 aromatic rings. The second-order valence-electron chi connectivity index (χ2n) is 6.51. The molecule has 2 heterocycles. The van der Waals surface area contributed by atoms with Gasteiger partial charge in [0.25, 0.3) is 0 Å². The molecule has 0 radical (unpaired) electrons. The minimum Gasteiger partial charge on any atom is -0.493 e. The lowest BCUT2D eigenvalue weighted by Gasteiger charge is -2.41. The summed E-state index contributed by atoms with van der Waals surface area (Å²) in [4.78, 5) is 1.98. The third-order valence-electron chi connectivity index (χ3n) is 5.28. The highest BCUT2D eigenvalue weighted by Gasteiger charge is 2.35. The Kier molecular flexibility index (Phi) is 4.36. The van der Waals surface area contributed by atoms with Crippen LogP contribution in [0, 0.1) is 0 Å². The molecule has 0 aliphatic carbocycles. The SMILES string of the molecule is COc1cc2c(cc1OC)C1=Cc3ccc(OC)c(OC)c3[C@@H](O)N1CC2. The van der Waals surface area contributed by atoms with Gasteiger partial charge in [0.15, 0.2) is 29.2 Å². The van der Waals surface area contributed by atoms with Gasteiger partial charge < -0.3 is 29.0 Å². The van der Waals surface area contributed by atoms with Gasteiger partial charge in [0.1, 0.15) is 0 Å². The molecule has 0 bridgehead atoms. The van der Waals surface area contributed by atoms with Gasteiger partial charge in [0.05, 0.1) is 34.0 Å². The number of fused-ring (bicyclic) bond motifs is 4. The normalized spacial score (nSPS) is 17.3. The van der Waals surface area contributed by atoms with Gasteiger partial charge in [-0.2, -0.15) is 0 Å². The summed E-state index contributed by atoms with van der Waals surface area (Å²) in [5, 5.41) is 11.1. The Labute approximate surface area is 158 Å². The average Bonchev–Trinajstić information content (AvgIpc) is 2.71. The molecule has 0 aromatic heterocycles. The molecule has 0 unspecified atom stereocenters. The zero-order valence-electron chi connectivity index (χ0n) is 15.9. The number of nitrogens with zero attached hydrogens (tertiary/aromatic N) is 1. The summed E-state index contributed by atoms with van der Waals surface area (Å²) in [6.07, 6.45) is 2.06. The third kappa shape index (κ3) is 2.59. The average molecular weight is 369 g/mol. The molecule has 2 aromatic carbocycles. The van der Waals surface area contributed by atoms with Gasteiger partial charge in [-0.15, -0.1) is 0 Å². The number of rotatable bonds is 4. The zero-order chi connectivity index (χ0) is 19.1. The molecular weight excluding hydrogens is 346 g/mol. The summed E-state index contributed by atoms with van der Waals surface area (Å²) in [5.41, 5.74) is 4.81. The molecule has 0 amide bonds. The fraction of sp³-hybridized carbons (Fsp3) is 0.333. The summed E-state index contributed by atoms with van der Waals surface area (Å²) in [7, 11) is 6.45. The molecule has 1 N–H and O–H groups in total. The number of aliphatic hydroxyl groups excluding tert-OH is 1. The first-order chi connectivity index (χ1) is 13.1. The van der Waals surface area contributed by atoms with E-state index < -0.39 is 6.23 Å². The van der Waals surface area contributed by atoms with E-state index in [1.807, 2.05) is 29.2 Å². The zero-order valence-corrected chi connectivity index (χ0v) is 15.9. The molecule has 2 aliphatic heterocycles. The van der Waals surface area contributed by atoms with Crippen LogP contribution in [0.15, 0.2) is 24.3 Å². The van der Waals surface area contributed by atoms with Crippen molar-refractivity contribution in [1.29, 1.82) is 0 Å². The van der Waals surface area contributed by atoms with Crippen molar-refractivity contribution in [3.8, 4) is 23.0 Å². The number of hydrogen-bond acceptors (Lipinski definition) is 6. The largest absolute Gasteiger partial charge is 0.493 e. The van der Waals surface area contributed by atoms with Crippen molar-refractivity contribution in [3.05, 3.63) is 46.5 Å². The van der Waals surface area contributed by atoms with E-state index in [1.165, 1.54) is 5.56 Å². The molecule has 1 atom stereocenters. The maximum atomic E-state index is 11.1. The lowest BCUT2D eigenvalue weighted by atomic mass is 9.89. The lowest BCUT2D eigenvalue weighted by Crippen LogP contribution is -2.35. The van der Waals surface area contributed by atoms with E-state index >= 15 is 0 Å². The van der Waals surface area contributed by atoms with E-state index in [2.05, 4.69) is 6.08 Å². The number of aliphatic hydroxyl groups is 1. The van der Waals surface area contributed by atoms with E-state index in [9.17, 15) is 5.11 Å². The minimum absolute atomic E-state index is 0.566. The fourth-order valence-electron chi connectivity index (χ4n) is 3.96. The van der Waals surface area contributed by atoms with Crippen molar-refractivity contribution >= 4 is 11.8 Å². The monoisotopic (exact) mass is 369 g/mol. The second-order valence-corrected chi connectivity index (χ2v) is 6.51. The standard InChI is InChI=1S/C21H23NO5/c1-24-16-6-5-13-9-15-14-11-18(26-3)17(25-2)10-12(14)7-8-22(15)21(23)19(13)20(16)27-4/h5-6,9-11,21,23H,7-8H2,1-4H3/t21-/m1/s1. The first-order valence-electron chi connectivity index (χ1n) is 8.79. The second kappa shape index (κ2) is 6.70. The van der Waals surface area contributed by atoms with Crippen molar-refractivity contribution in [3.63, 3.8) is 0 Å². The predicted octanol–water partition coefficient (Wildman–Crippen LogP) is 3.08. The van der Waals surface area contributed by atoms with Crippen molar-refractivity contribution in [2.45, 2.75) is 12.6 Å². The van der Waals surface area contributed by atoms with Crippen molar-refractivity contribution in [1.82, 2.24) is 4.90 Å². The topological polar surface area (TPSA) is 60.4 Å². The van der Waals surface area contributed by atoms with Crippen LogP contribution >= 0.6 is 0 Å². The Morgan fingerprint density at radius 1 is 0.926 bits per heavy atom. The van der Waals surface area contributed by atoms with Crippen LogP contribution in [0.3, 0.4) is 0 Å². The Bertz CT molecular complexity index is 921. The number of methoxy groups -OCH3 is 4. The van der Waals surface area contributed by atoms with E-state index in [-0.39, 0.29) is 0 Å².